The van der Waals surface area contributed by atoms with Crippen molar-refractivity contribution in [3.05, 3.63) is 35.7 Å². The van der Waals surface area contributed by atoms with Gasteiger partial charge in [0.05, 0.1) is 5.75 Å². The highest BCUT2D eigenvalue weighted by Crippen LogP contribution is 2.21. The Kier molecular flexibility index (Phi) is 7.61. The number of carbonyl (C=O) groups excluding carboxylic acids is 1. The van der Waals surface area contributed by atoms with Gasteiger partial charge in [-0.3, -0.25) is 4.79 Å². The van der Waals surface area contributed by atoms with Gasteiger partial charge in [0, 0.05) is 12.1 Å². The second-order valence-corrected chi connectivity index (χ2v) is 7.14. The summed E-state index contributed by atoms with van der Waals surface area (Å²) in [6.45, 7) is 2.06. The summed E-state index contributed by atoms with van der Waals surface area (Å²) in [4.78, 5) is 12.1. The number of aromatic nitrogens is 2. The maximum Gasteiger partial charge on any atom is 0.277 e. The smallest absolute Gasteiger partial charge is 0.277 e. The van der Waals surface area contributed by atoms with Crippen molar-refractivity contribution in [2.24, 2.45) is 0 Å². The predicted molar refractivity (Wildman–Crippen MR) is 98.1 cm³/mol. The second kappa shape index (κ2) is 9.71. The summed E-state index contributed by atoms with van der Waals surface area (Å²) in [6.07, 6.45) is 3.82. The molecular weight excluding hydrogens is 344 g/mol. The zero-order chi connectivity index (χ0) is 17.4. The Morgan fingerprint density at radius 2 is 2.17 bits per heavy atom. The van der Waals surface area contributed by atoms with Crippen LogP contribution in [0.2, 0.25) is 0 Å². The second-order valence-electron chi connectivity index (χ2n) is 5.23. The zero-order valence-corrected chi connectivity index (χ0v) is 15.6. The zero-order valence-electron chi connectivity index (χ0n) is 13.9. The van der Waals surface area contributed by atoms with E-state index in [-0.39, 0.29) is 17.7 Å². The molecule has 130 valence electrons. The number of nitrogens with zero attached hydrogens (tertiary/aromatic N) is 2. The number of nitrogens with one attached hydrogen (secondary N) is 1. The third-order valence-electron chi connectivity index (χ3n) is 3.44. The van der Waals surface area contributed by atoms with E-state index >= 15 is 0 Å². The van der Waals surface area contributed by atoms with E-state index in [9.17, 15) is 4.79 Å². The van der Waals surface area contributed by atoms with E-state index in [0.717, 1.165) is 29.8 Å². The number of anilines is 1. The first-order valence-electron chi connectivity index (χ1n) is 7.80. The SMILES string of the molecule is CCc1ccccc1NC(=O)CSc1nnc([C@H]([NH3+])CCSC)o1. The Morgan fingerprint density at radius 3 is 2.92 bits per heavy atom. The third kappa shape index (κ3) is 5.54. The van der Waals surface area contributed by atoms with E-state index in [1.54, 1.807) is 11.8 Å². The molecule has 0 spiro atoms. The monoisotopic (exact) mass is 367 g/mol. The lowest BCUT2D eigenvalue weighted by atomic mass is 10.1. The summed E-state index contributed by atoms with van der Waals surface area (Å²) >= 11 is 3.00. The lowest BCUT2D eigenvalue weighted by Gasteiger charge is -2.08. The minimum absolute atomic E-state index is 0.00967. The summed E-state index contributed by atoms with van der Waals surface area (Å²) in [5.74, 6) is 1.67. The Balaban J connectivity index is 1.85. The number of benzene rings is 1. The van der Waals surface area contributed by atoms with Gasteiger partial charge in [-0.2, -0.15) is 11.8 Å². The first kappa shape index (κ1) is 18.8. The summed E-state index contributed by atoms with van der Waals surface area (Å²) in [6, 6.07) is 7.79. The Labute approximate surface area is 150 Å². The van der Waals surface area contributed by atoms with Crippen molar-refractivity contribution >= 4 is 35.1 Å². The van der Waals surface area contributed by atoms with Crippen LogP contribution in [-0.2, 0) is 11.2 Å². The van der Waals surface area contributed by atoms with Gasteiger partial charge in [-0.15, -0.1) is 10.2 Å². The Hall–Kier alpha value is -1.51. The molecule has 0 radical (unpaired) electrons. The average Bonchev–Trinajstić information content (AvgIpc) is 3.07. The van der Waals surface area contributed by atoms with Crippen LogP contribution in [0, 0.1) is 0 Å². The fraction of sp³-hybridized carbons (Fsp3) is 0.438. The largest absolute Gasteiger partial charge is 0.410 e. The molecule has 0 bridgehead atoms. The molecule has 1 atom stereocenters. The van der Waals surface area contributed by atoms with E-state index in [1.807, 2.05) is 24.3 Å². The first-order chi connectivity index (χ1) is 11.6. The number of hydrogen-bond acceptors (Lipinski definition) is 6. The van der Waals surface area contributed by atoms with E-state index in [2.05, 4.69) is 34.4 Å². The van der Waals surface area contributed by atoms with Crippen molar-refractivity contribution in [2.45, 2.75) is 31.0 Å². The van der Waals surface area contributed by atoms with Crippen LogP contribution in [-0.4, -0.2) is 33.9 Å². The van der Waals surface area contributed by atoms with Gasteiger partial charge in [0.25, 0.3) is 11.1 Å². The number of para-hydroxylation sites is 1. The molecule has 6 nitrogen and oxygen atoms in total. The number of amides is 1. The number of rotatable bonds is 9. The van der Waals surface area contributed by atoms with Crippen molar-refractivity contribution in [1.29, 1.82) is 0 Å². The number of hydrogen-bond donors (Lipinski definition) is 2. The van der Waals surface area contributed by atoms with Crippen LogP contribution in [0.4, 0.5) is 5.69 Å². The van der Waals surface area contributed by atoms with E-state index in [1.165, 1.54) is 11.8 Å². The van der Waals surface area contributed by atoms with Crippen molar-refractivity contribution in [1.82, 2.24) is 10.2 Å². The molecule has 2 rings (SSSR count). The molecule has 4 N–H and O–H groups in total. The molecule has 1 aromatic carbocycles. The molecule has 2 aromatic rings. The minimum Gasteiger partial charge on any atom is -0.410 e. The van der Waals surface area contributed by atoms with Crippen LogP contribution in [0.15, 0.2) is 33.9 Å². The molecule has 1 amide bonds. The molecule has 0 unspecified atom stereocenters. The van der Waals surface area contributed by atoms with Gasteiger partial charge in [-0.25, -0.2) is 0 Å². The lowest BCUT2D eigenvalue weighted by molar-refractivity contribution is -0.432. The topological polar surface area (TPSA) is 95.7 Å². The van der Waals surface area contributed by atoms with Gasteiger partial charge in [0.1, 0.15) is 0 Å². The molecule has 1 heterocycles. The fourth-order valence-corrected chi connectivity index (χ4v) is 3.18. The van der Waals surface area contributed by atoms with Crippen molar-refractivity contribution in [2.75, 3.05) is 23.1 Å². The van der Waals surface area contributed by atoms with Crippen molar-refractivity contribution in [3.63, 3.8) is 0 Å². The maximum atomic E-state index is 12.1. The molecule has 0 saturated carbocycles. The van der Waals surface area contributed by atoms with Gasteiger partial charge >= 0.3 is 0 Å². The lowest BCUT2D eigenvalue weighted by Crippen LogP contribution is -2.53. The van der Waals surface area contributed by atoms with Crippen LogP contribution in [0.3, 0.4) is 0 Å². The molecule has 0 aliphatic heterocycles. The van der Waals surface area contributed by atoms with E-state index in [0.29, 0.717) is 11.1 Å². The summed E-state index contributed by atoms with van der Waals surface area (Å²) in [7, 11) is 0. The van der Waals surface area contributed by atoms with Gasteiger partial charge < -0.3 is 15.5 Å². The molecule has 0 saturated heterocycles. The molecule has 0 aliphatic rings. The van der Waals surface area contributed by atoms with Gasteiger partial charge in [0.2, 0.25) is 5.91 Å². The quantitative estimate of drug-likeness (QED) is 0.661. The highest BCUT2D eigenvalue weighted by atomic mass is 32.2. The average molecular weight is 368 g/mol. The maximum absolute atomic E-state index is 12.1. The summed E-state index contributed by atoms with van der Waals surface area (Å²) < 4.78 is 5.58. The van der Waals surface area contributed by atoms with Crippen LogP contribution >= 0.6 is 23.5 Å². The van der Waals surface area contributed by atoms with Gasteiger partial charge in [0.15, 0.2) is 6.04 Å². The highest BCUT2D eigenvalue weighted by Gasteiger charge is 2.18. The molecular formula is C16H23N4O2S2+. The Bertz CT molecular complexity index is 663. The highest BCUT2D eigenvalue weighted by molar-refractivity contribution is 7.99. The molecule has 8 heteroatoms. The van der Waals surface area contributed by atoms with E-state index < -0.39 is 0 Å². The number of thioether (sulfide) groups is 2. The van der Waals surface area contributed by atoms with Crippen molar-refractivity contribution in [3.8, 4) is 0 Å². The third-order valence-corrected chi connectivity index (χ3v) is 4.90. The van der Waals surface area contributed by atoms with E-state index in [4.69, 9.17) is 4.42 Å². The number of carbonyl (C=O) groups is 1. The molecule has 0 fully saturated rings. The molecule has 24 heavy (non-hydrogen) atoms. The van der Waals surface area contributed by atoms with Crippen molar-refractivity contribution < 1.29 is 14.9 Å². The van der Waals surface area contributed by atoms with Crippen LogP contribution in [0.1, 0.15) is 30.8 Å². The predicted octanol–water partition coefficient (Wildman–Crippen LogP) is 2.40. The number of quaternary nitrogens is 1. The van der Waals surface area contributed by atoms with Gasteiger partial charge in [-0.05, 0) is 30.1 Å². The van der Waals surface area contributed by atoms with Crippen LogP contribution in [0.25, 0.3) is 0 Å². The standard InChI is InChI=1S/C16H22N4O2S2/c1-3-11-6-4-5-7-13(11)18-14(21)10-24-16-20-19-15(22-16)12(17)8-9-23-2/h4-7,12H,3,8-10,17H2,1-2H3,(H,18,21)/p+1/t12-/m1/s1. The Morgan fingerprint density at radius 1 is 1.38 bits per heavy atom. The summed E-state index contributed by atoms with van der Waals surface area (Å²) in [5.41, 5.74) is 6.00. The van der Waals surface area contributed by atoms with Crippen LogP contribution < -0.4 is 11.1 Å². The van der Waals surface area contributed by atoms with Gasteiger partial charge in [-0.1, -0.05) is 36.9 Å². The normalized spacial score (nSPS) is 12.1. The summed E-state index contributed by atoms with van der Waals surface area (Å²) in [5, 5.41) is 11.3. The molecule has 0 aliphatic carbocycles. The molecule has 1 aromatic heterocycles. The first-order valence-corrected chi connectivity index (χ1v) is 10.2. The minimum atomic E-state index is -0.0887. The van der Waals surface area contributed by atoms with Crippen LogP contribution in [0.5, 0.6) is 0 Å². The fourth-order valence-electron chi connectivity index (χ4n) is 2.09. The number of aryl methyl sites for hydroxylation is 1.